The van der Waals surface area contributed by atoms with Crippen LogP contribution in [0.1, 0.15) is 30.1 Å². The lowest BCUT2D eigenvalue weighted by atomic mass is 10.2. The first-order valence-electron chi connectivity index (χ1n) is 7.19. The molecule has 0 bridgehead atoms. The minimum Gasteiger partial charge on any atom is -0.478 e. The molecular formula is C15H21N3O3. The first-order chi connectivity index (χ1) is 10.1. The maximum absolute atomic E-state index is 11.9. The molecule has 1 aliphatic rings. The zero-order valence-electron chi connectivity index (χ0n) is 12.1. The number of hydrogen-bond acceptors (Lipinski definition) is 3. The molecule has 0 saturated carbocycles. The van der Waals surface area contributed by atoms with E-state index in [0.29, 0.717) is 12.2 Å². The molecule has 1 aliphatic heterocycles. The van der Waals surface area contributed by atoms with Crippen LogP contribution in [0.15, 0.2) is 24.3 Å². The van der Waals surface area contributed by atoms with Crippen molar-refractivity contribution in [3.05, 3.63) is 29.8 Å². The predicted molar refractivity (Wildman–Crippen MR) is 80.7 cm³/mol. The van der Waals surface area contributed by atoms with E-state index in [1.54, 1.807) is 18.2 Å². The molecule has 1 aromatic rings. The highest BCUT2D eigenvalue weighted by atomic mass is 16.4. The summed E-state index contributed by atoms with van der Waals surface area (Å²) in [7, 11) is 0. The number of likely N-dealkylation sites (tertiary alicyclic amines) is 1. The summed E-state index contributed by atoms with van der Waals surface area (Å²) in [4.78, 5) is 25.3. The maximum atomic E-state index is 11.9. The summed E-state index contributed by atoms with van der Waals surface area (Å²) >= 11 is 0. The number of carboxylic acid groups (broad SMARTS) is 1. The minimum absolute atomic E-state index is 0.0836. The Hall–Kier alpha value is -2.08. The highest BCUT2D eigenvalue weighted by Gasteiger charge is 2.18. The molecule has 21 heavy (non-hydrogen) atoms. The fraction of sp³-hybridized carbons (Fsp3) is 0.467. The molecule has 0 aromatic heterocycles. The van der Waals surface area contributed by atoms with E-state index in [1.165, 1.54) is 18.9 Å². The zero-order chi connectivity index (χ0) is 15.2. The van der Waals surface area contributed by atoms with Gasteiger partial charge >= 0.3 is 12.0 Å². The summed E-state index contributed by atoms with van der Waals surface area (Å²) < 4.78 is 0. The molecule has 1 atom stereocenters. The number of urea groups is 1. The van der Waals surface area contributed by atoms with Crippen LogP contribution in [0.2, 0.25) is 0 Å². The average Bonchev–Trinajstić information content (AvgIpc) is 2.99. The minimum atomic E-state index is -1.06. The van der Waals surface area contributed by atoms with Gasteiger partial charge in [0, 0.05) is 12.6 Å². The van der Waals surface area contributed by atoms with Gasteiger partial charge in [-0.1, -0.05) is 12.1 Å². The van der Waals surface area contributed by atoms with Gasteiger partial charge in [0.1, 0.15) is 0 Å². The van der Waals surface area contributed by atoms with Crippen molar-refractivity contribution in [1.29, 1.82) is 0 Å². The van der Waals surface area contributed by atoms with E-state index in [4.69, 9.17) is 5.11 Å². The monoisotopic (exact) mass is 291 g/mol. The van der Waals surface area contributed by atoms with E-state index < -0.39 is 5.97 Å². The third-order valence-corrected chi connectivity index (χ3v) is 3.73. The van der Waals surface area contributed by atoms with Gasteiger partial charge in [-0.25, -0.2) is 9.59 Å². The molecule has 1 aromatic carbocycles. The van der Waals surface area contributed by atoms with Crippen LogP contribution in [0.4, 0.5) is 10.5 Å². The fourth-order valence-corrected chi connectivity index (χ4v) is 2.50. The normalized spacial score (nSPS) is 16.4. The van der Waals surface area contributed by atoms with Crippen LogP contribution in [0.5, 0.6) is 0 Å². The third kappa shape index (κ3) is 4.19. The second-order valence-electron chi connectivity index (χ2n) is 5.28. The number of carbonyl (C=O) groups is 2. The molecule has 6 heteroatoms. The van der Waals surface area contributed by atoms with Gasteiger partial charge in [0.05, 0.1) is 11.3 Å². The van der Waals surface area contributed by atoms with Gasteiger partial charge in [-0.3, -0.25) is 4.90 Å². The van der Waals surface area contributed by atoms with Crippen molar-refractivity contribution < 1.29 is 14.7 Å². The maximum Gasteiger partial charge on any atom is 0.337 e. The fourth-order valence-electron chi connectivity index (χ4n) is 2.50. The number of carboxylic acids is 1. The Morgan fingerprint density at radius 1 is 1.29 bits per heavy atom. The summed E-state index contributed by atoms with van der Waals surface area (Å²) in [5, 5.41) is 14.4. The Kier molecular flexibility index (Phi) is 5.16. The Labute approximate surface area is 124 Å². The lowest BCUT2D eigenvalue weighted by Crippen LogP contribution is -2.42. The van der Waals surface area contributed by atoms with E-state index >= 15 is 0 Å². The lowest BCUT2D eigenvalue weighted by Gasteiger charge is -2.23. The SMILES string of the molecule is CC(CNC(=O)Nc1ccccc1C(=O)O)N1CCCC1. The van der Waals surface area contributed by atoms with Gasteiger partial charge in [0.15, 0.2) is 0 Å². The number of anilines is 1. The second-order valence-corrected chi connectivity index (χ2v) is 5.28. The zero-order valence-corrected chi connectivity index (χ0v) is 12.1. The number of rotatable bonds is 5. The molecule has 1 saturated heterocycles. The van der Waals surface area contributed by atoms with Gasteiger partial charge in [0.25, 0.3) is 0 Å². The Morgan fingerprint density at radius 3 is 2.62 bits per heavy atom. The number of nitrogens with one attached hydrogen (secondary N) is 2. The van der Waals surface area contributed by atoms with E-state index in [2.05, 4.69) is 22.5 Å². The standard InChI is InChI=1S/C15H21N3O3/c1-11(18-8-4-5-9-18)10-16-15(21)17-13-7-3-2-6-12(13)14(19)20/h2-3,6-7,11H,4-5,8-10H2,1H3,(H,19,20)(H2,16,17,21). The predicted octanol–water partition coefficient (Wildman–Crippen LogP) is 1.99. The Morgan fingerprint density at radius 2 is 1.95 bits per heavy atom. The van der Waals surface area contributed by atoms with Crippen molar-refractivity contribution in [3.8, 4) is 0 Å². The van der Waals surface area contributed by atoms with Gasteiger partial charge in [0.2, 0.25) is 0 Å². The van der Waals surface area contributed by atoms with Crippen LogP contribution in [0, 0.1) is 0 Å². The molecule has 2 amide bonds. The number of aromatic carboxylic acids is 1. The van der Waals surface area contributed by atoms with Gasteiger partial charge in [-0.05, 0) is 45.0 Å². The van der Waals surface area contributed by atoms with Gasteiger partial charge < -0.3 is 15.7 Å². The summed E-state index contributed by atoms with van der Waals surface area (Å²) in [5.74, 6) is -1.06. The number of hydrogen-bond donors (Lipinski definition) is 3. The van der Waals surface area contributed by atoms with Crippen LogP contribution in [0.25, 0.3) is 0 Å². The summed E-state index contributed by atoms with van der Waals surface area (Å²) in [6.07, 6.45) is 2.42. The number of benzene rings is 1. The topological polar surface area (TPSA) is 81.7 Å². The van der Waals surface area contributed by atoms with E-state index in [-0.39, 0.29) is 17.6 Å². The second kappa shape index (κ2) is 7.08. The van der Waals surface area contributed by atoms with Gasteiger partial charge in [-0.2, -0.15) is 0 Å². The molecule has 1 fully saturated rings. The average molecular weight is 291 g/mol. The summed E-state index contributed by atoms with van der Waals surface area (Å²) in [6, 6.07) is 6.26. The molecule has 6 nitrogen and oxygen atoms in total. The largest absolute Gasteiger partial charge is 0.478 e. The molecule has 3 N–H and O–H groups in total. The summed E-state index contributed by atoms with van der Waals surface area (Å²) in [6.45, 7) is 4.77. The van der Waals surface area contributed by atoms with Crippen LogP contribution >= 0.6 is 0 Å². The van der Waals surface area contributed by atoms with Crippen molar-refractivity contribution >= 4 is 17.7 Å². The number of carbonyl (C=O) groups excluding carboxylic acids is 1. The van der Waals surface area contributed by atoms with E-state index in [1.807, 2.05) is 0 Å². The number of amides is 2. The van der Waals surface area contributed by atoms with Crippen molar-refractivity contribution in [1.82, 2.24) is 10.2 Å². The molecule has 1 unspecified atom stereocenters. The van der Waals surface area contributed by atoms with Gasteiger partial charge in [-0.15, -0.1) is 0 Å². The summed E-state index contributed by atoms with van der Waals surface area (Å²) in [5.41, 5.74) is 0.386. The number of para-hydroxylation sites is 1. The first kappa shape index (κ1) is 15.3. The van der Waals surface area contributed by atoms with Crippen molar-refractivity contribution in [2.45, 2.75) is 25.8 Å². The smallest absolute Gasteiger partial charge is 0.337 e. The van der Waals surface area contributed by atoms with Crippen LogP contribution in [-0.2, 0) is 0 Å². The van der Waals surface area contributed by atoms with Crippen molar-refractivity contribution in [2.24, 2.45) is 0 Å². The molecule has 0 radical (unpaired) electrons. The Balaban J connectivity index is 1.86. The van der Waals surface area contributed by atoms with Crippen LogP contribution in [0.3, 0.4) is 0 Å². The first-order valence-corrected chi connectivity index (χ1v) is 7.19. The van der Waals surface area contributed by atoms with Crippen LogP contribution in [-0.4, -0.2) is 47.7 Å². The molecule has 1 heterocycles. The third-order valence-electron chi connectivity index (χ3n) is 3.73. The molecule has 0 spiro atoms. The molecule has 2 rings (SSSR count). The molecular weight excluding hydrogens is 270 g/mol. The van der Waals surface area contributed by atoms with Crippen molar-refractivity contribution in [2.75, 3.05) is 25.0 Å². The van der Waals surface area contributed by atoms with E-state index in [9.17, 15) is 9.59 Å². The Bertz CT molecular complexity index is 513. The number of nitrogens with zero attached hydrogens (tertiary/aromatic N) is 1. The lowest BCUT2D eigenvalue weighted by molar-refractivity contribution is 0.0698. The highest BCUT2D eigenvalue weighted by Crippen LogP contribution is 2.15. The van der Waals surface area contributed by atoms with Crippen LogP contribution < -0.4 is 10.6 Å². The van der Waals surface area contributed by atoms with E-state index in [0.717, 1.165) is 13.1 Å². The molecule has 0 aliphatic carbocycles. The highest BCUT2D eigenvalue weighted by molar-refractivity contribution is 5.99. The van der Waals surface area contributed by atoms with Crippen molar-refractivity contribution in [3.63, 3.8) is 0 Å². The molecule has 114 valence electrons. The quantitative estimate of drug-likeness (QED) is 0.775.